The number of esters is 2. The van der Waals surface area contributed by atoms with Crippen molar-refractivity contribution in [2.75, 3.05) is 13.2 Å². The molecule has 0 radical (unpaired) electrons. The van der Waals surface area contributed by atoms with Crippen molar-refractivity contribution in [1.82, 2.24) is 0 Å². The zero-order valence-corrected chi connectivity index (χ0v) is 15.5. The molecule has 0 spiro atoms. The Morgan fingerprint density at radius 1 is 1.08 bits per heavy atom. The highest BCUT2D eigenvalue weighted by Gasteiger charge is 1.98. The maximum Gasteiger partial charge on any atom is 0.348 e. The van der Waals surface area contributed by atoms with Gasteiger partial charge in [-0.3, -0.25) is 9.59 Å². The Labute approximate surface area is 153 Å². The van der Waals surface area contributed by atoms with Crippen LogP contribution < -0.4 is 5.73 Å². The van der Waals surface area contributed by atoms with E-state index < -0.39 is 11.9 Å². The summed E-state index contributed by atoms with van der Waals surface area (Å²) >= 11 is 0. The number of benzene rings is 1. The number of hydrogen-bond acceptors (Lipinski definition) is 7. The van der Waals surface area contributed by atoms with Crippen LogP contribution in [-0.2, 0) is 36.8 Å². The first-order valence-corrected chi connectivity index (χ1v) is 8.10. The third kappa shape index (κ3) is 17.6. The van der Waals surface area contributed by atoms with Crippen molar-refractivity contribution in [1.29, 1.82) is 5.41 Å². The zero-order chi connectivity index (χ0) is 20.4. The van der Waals surface area contributed by atoms with Gasteiger partial charge in [0.25, 0.3) is 0 Å². The molecule has 0 amide bonds. The van der Waals surface area contributed by atoms with Gasteiger partial charge in [0.1, 0.15) is 6.21 Å². The quantitative estimate of drug-likeness (QED) is 0.493. The number of nitrogens with two attached hydrogens (primary N) is 1. The summed E-state index contributed by atoms with van der Waals surface area (Å²) in [5.74, 6) is -1.55. The summed E-state index contributed by atoms with van der Waals surface area (Å²) in [6, 6.07) is 7.70. The second-order valence-corrected chi connectivity index (χ2v) is 4.74. The van der Waals surface area contributed by atoms with Crippen molar-refractivity contribution in [3.05, 3.63) is 35.4 Å². The maximum absolute atomic E-state index is 10.3. The fourth-order valence-corrected chi connectivity index (χ4v) is 1.48. The van der Waals surface area contributed by atoms with Crippen LogP contribution in [-0.4, -0.2) is 42.4 Å². The van der Waals surface area contributed by atoms with E-state index in [2.05, 4.69) is 9.47 Å². The number of hydrogen-bond donors (Lipinski definition) is 3. The molecule has 0 aliphatic heterocycles. The molecule has 1 aromatic rings. The summed E-state index contributed by atoms with van der Waals surface area (Å²) in [5.41, 5.74) is 7.54. The SMILES string of the molecule is CCOC(=O)C=N.CCOC(C)=O.NCc1ccc(CCC(=O)O)cc1. The van der Waals surface area contributed by atoms with Gasteiger partial charge < -0.3 is 25.7 Å². The van der Waals surface area contributed by atoms with E-state index in [9.17, 15) is 14.4 Å². The van der Waals surface area contributed by atoms with Gasteiger partial charge in [0, 0.05) is 19.9 Å². The third-order valence-corrected chi connectivity index (χ3v) is 2.64. The lowest BCUT2D eigenvalue weighted by Gasteiger charge is -2.00. The van der Waals surface area contributed by atoms with Crippen LogP contribution in [0.3, 0.4) is 0 Å². The van der Waals surface area contributed by atoms with Gasteiger partial charge >= 0.3 is 17.9 Å². The molecule has 0 heterocycles. The van der Waals surface area contributed by atoms with Crippen molar-refractivity contribution < 1.29 is 29.0 Å². The molecule has 1 rings (SSSR count). The molecule has 0 fully saturated rings. The normalized spacial score (nSPS) is 8.77. The van der Waals surface area contributed by atoms with E-state index in [1.807, 2.05) is 24.3 Å². The molecule has 0 saturated heterocycles. The maximum atomic E-state index is 10.3. The van der Waals surface area contributed by atoms with Crippen molar-refractivity contribution in [3.63, 3.8) is 0 Å². The molecule has 1 aromatic carbocycles. The first-order chi connectivity index (χ1) is 12.3. The van der Waals surface area contributed by atoms with Crippen LogP contribution in [0.2, 0.25) is 0 Å². The van der Waals surface area contributed by atoms with E-state index in [1.54, 1.807) is 13.8 Å². The number of ether oxygens (including phenoxy) is 2. The third-order valence-electron chi connectivity index (χ3n) is 2.64. The first kappa shape index (κ1) is 25.5. The molecule has 0 bridgehead atoms. The Hall–Kier alpha value is -2.74. The Morgan fingerprint density at radius 3 is 1.85 bits per heavy atom. The lowest BCUT2D eigenvalue weighted by molar-refractivity contribution is -0.140. The number of nitrogens with one attached hydrogen (secondary N) is 1. The summed E-state index contributed by atoms with van der Waals surface area (Å²) in [6.07, 6.45) is 1.41. The van der Waals surface area contributed by atoms with Crippen molar-refractivity contribution in [2.45, 2.75) is 40.2 Å². The molecule has 0 aromatic heterocycles. The van der Waals surface area contributed by atoms with Gasteiger partial charge in [0.2, 0.25) is 0 Å². The highest BCUT2D eigenvalue weighted by atomic mass is 16.5. The van der Waals surface area contributed by atoms with Crippen LogP contribution in [0.5, 0.6) is 0 Å². The van der Waals surface area contributed by atoms with Crippen LogP contribution >= 0.6 is 0 Å². The van der Waals surface area contributed by atoms with E-state index in [4.69, 9.17) is 16.2 Å². The highest BCUT2D eigenvalue weighted by Crippen LogP contribution is 2.05. The number of aliphatic carboxylic acids is 1. The Balaban J connectivity index is 0. The second-order valence-electron chi connectivity index (χ2n) is 4.74. The number of carboxylic acids is 1. The van der Waals surface area contributed by atoms with E-state index in [0.29, 0.717) is 32.4 Å². The standard InChI is InChI=1S/C10H13NO2.C4H7NO2.C4H8O2/c11-7-9-3-1-8(2-4-9)5-6-10(12)13;1-2-7-4(6)3-5;1-3-6-4(2)5/h1-4H,5-7,11H2,(H,12,13);3,5H,2H2,1H3;3H2,1-2H3. The molecule has 0 atom stereocenters. The van der Waals surface area contributed by atoms with E-state index in [-0.39, 0.29) is 12.4 Å². The summed E-state index contributed by atoms with van der Waals surface area (Å²) in [6.45, 7) is 6.22. The molecule has 26 heavy (non-hydrogen) atoms. The van der Waals surface area contributed by atoms with Crippen LogP contribution in [0.15, 0.2) is 24.3 Å². The molecule has 0 aliphatic carbocycles. The summed E-state index contributed by atoms with van der Waals surface area (Å²) in [4.78, 5) is 30.0. The molecule has 0 saturated carbocycles. The molecule has 8 nitrogen and oxygen atoms in total. The van der Waals surface area contributed by atoms with E-state index in [0.717, 1.165) is 11.1 Å². The second kappa shape index (κ2) is 17.1. The number of carbonyl (C=O) groups is 3. The average molecular weight is 368 g/mol. The number of carbonyl (C=O) groups excluding carboxylic acids is 2. The lowest BCUT2D eigenvalue weighted by atomic mass is 10.1. The molecule has 4 N–H and O–H groups in total. The predicted octanol–water partition coefficient (Wildman–Crippen LogP) is 1.93. The summed E-state index contributed by atoms with van der Waals surface area (Å²) in [7, 11) is 0. The van der Waals surface area contributed by atoms with Crippen LogP contribution in [0.4, 0.5) is 0 Å². The Bertz CT molecular complexity index is 543. The van der Waals surface area contributed by atoms with Gasteiger partial charge in [-0.1, -0.05) is 24.3 Å². The molecule has 0 unspecified atom stereocenters. The lowest BCUT2D eigenvalue weighted by Crippen LogP contribution is -2.02. The predicted molar refractivity (Wildman–Crippen MR) is 98.0 cm³/mol. The number of aryl methyl sites for hydroxylation is 1. The minimum Gasteiger partial charge on any atom is -0.481 e. The number of rotatable bonds is 7. The zero-order valence-electron chi connectivity index (χ0n) is 15.5. The molecular weight excluding hydrogens is 340 g/mol. The minimum absolute atomic E-state index is 0.183. The Morgan fingerprint density at radius 2 is 1.58 bits per heavy atom. The Kier molecular flexibility index (Phi) is 16.8. The minimum atomic E-state index is -0.761. The van der Waals surface area contributed by atoms with Gasteiger partial charge in [0.05, 0.1) is 13.2 Å². The first-order valence-electron chi connectivity index (χ1n) is 8.10. The smallest absolute Gasteiger partial charge is 0.348 e. The summed E-state index contributed by atoms with van der Waals surface area (Å²) < 4.78 is 8.71. The van der Waals surface area contributed by atoms with Crippen LogP contribution in [0.25, 0.3) is 0 Å². The molecular formula is C18H28N2O6. The largest absolute Gasteiger partial charge is 0.481 e. The van der Waals surface area contributed by atoms with Gasteiger partial charge in [-0.15, -0.1) is 0 Å². The van der Waals surface area contributed by atoms with Crippen molar-refractivity contribution in [3.8, 4) is 0 Å². The molecule has 146 valence electrons. The van der Waals surface area contributed by atoms with Crippen LogP contribution in [0, 0.1) is 5.41 Å². The average Bonchev–Trinajstić information content (AvgIpc) is 2.61. The van der Waals surface area contributed by atoms with Gasteiger partial charge in [-0.2, -0.15) is 0 Å². The van der Waals surface area contributed by atoms with Gasteiger partial charge in [-0.05, 0) is 31.4 Å². The monoisotopic (exact) mass is 368 g/mol. The van der Waals surface area contributed by atoms with Gasteiger partial charge in [0.15, 0.2) is 0 Å². The topological polar surface area (TPSA) is 140 Å². The highest BCUT2D eigenvalue weighted by molar-refractivity contribution is 6.21. The van der Waals surface area contributed by atoms with Crippen molar-refractivity contribution >= 4 is 24.1 Å². The van der Waals surface area contributed by atoms with Crippen LogP contribution in [0.1, 0.15) is 38.3 Å². The fraction of sp³-hybridized carbons (Fsp3) is 0.444. The fourth-order valence-electron chi connectivity index (χ4n) is 1.48. The summed E-state index contributed by atoms with van der Waals surface area (Å²) in [5, 5.41) is 14.8. The van der Waals surface area contributed by atoms with E-state index in [1.165, 1.54) is 6.92 Å². The van der Waals surface area contributed by atoms with E-state index >= 15 is 0 Å². The van der Waals surface area contributed by atoms with Crippen molar-refractivity contribution in [2.24, 2.45) is 5.73 Å². The number of carboxylic acid groups (broad SMARTS) is 1. The van der Waals surface area contributed by atoms with Gasteiger partial charge in [-0.25, -0.2) is 4.79 Å². The molecule has 8 heteroatoms. The molecule has 0 aliphatic rings.